The molecule has 0 radical (unpaired) electrons. The van der Waals surface area contributed by atoms with Gasteiger partial charge in [0.2, 0.25) is 0 Å². The van der Waals surface area contributed by atoms with Gasteiger partial charge in [-0.2, -0.15) is 0 Å². The van der Waals surface area contributed by atoms with Crippen LogP contribution in [0, 0.1) is 11.6 Å². The normalized spacial score (nSPS) is 10.3. The van der Waals surface area contributed by atoms with Crippen molar-refractivity contribution in [2.75, 3.05) is 13.7 Å². The first-order chi connectivity index (χ1) is 12.5. The fourth-order valence-corrected chi connectivity index (χ4v) is 2.26. The van der Waals surface area contributed by atoms with Crippen LogP contribution in [-0.2, 0) is 16.1 Å². The number of methoxy groups -OCH3 is 1. The van der Waals surface area contributed by atoms with Crippen LogP contribution in [0.3, 0.4) is 0 Å². The SMILES string of the molecule is COc1ccccc1COC(=O)CCCNC(=O)c1ccc(F)cc1F. The van der Waals surface area contributed by atoms with Crippen LogP contribution in [-0.4, -0.2) is 25.5 Å². The Morgan fingerprint density at radius 2 is 1.88 bits per heavy atom. The topological polar surface area (TPSA) is 64.6 Å². The number of hydrogen-bond acceptors (Lipinski definition) is 4. The molecule has 0 fully saturated rings. The molecule has 2 aromatic rings. The van der Waals surface area contributed by atoms with E-state index in [9.17, 15) is 18.4 Å². The number of ether oxygens (including phenoxy) is 2. The highest BCUT2D eigenvalue weighted by molar-refractivity contribution is 5.94. The largest absolute Gasteiger partial charge is 0.496 e. The molecule has 0 aromatic heterocycles. The summed E-state index contributed by atoms with van der Waals surface area (Å²) in [6.45, 7) is 0.259. The minimum atomic E-state index is -0.932. The molecule has 0 heterocycles. The molecule has 2 aromatic carbocycles. The maximum atomic E-state index is 13.5. The molecule has 0 aliphatic carbocycles. The molecule has 7 heteroatoms. The lowest BCUT2D eigenvalue weighted by Crippen LogP contribution is -2.26. The van der Waals surface area contributed by atoms with Crippen molar-refractivity contribution in [3.63, 3.8) is 0 Å². The minimum Gasteiger partial charge on any atom is -0.496 e. The Kier molecular flexibility index (Phi) is 7.08. The van der Waals surface area contributed by atoms with E-state index in [2.05, 4.69) is 5.32 Å². The second-order valence-corrected chi connectivity index (χ2v) is 5.46. The Morgan fingerprint density at radius 1 is 1.12 bits per heavy atom. The highest BCUT2D eigenvalue weighted by Crippen LogP contribution is 2.18. The van der Waals surface area contributed by atoms with Crippen LogP contribution >= 0.6 is 0 Å². The maximum absolute atomic E-state index is 13.5. The third-order valence-corrected chi connectivity index (χ3v) is 3.60. The van der Waals surface area contributed by atoms with Crippen molar-refractivity contribution in [3.05, 3.63) is 65.2 Å². The second kappa shape index (κ2) is 9.50. The van der Waals surface area contributed by atoms with E-state index in [1.807, 2.05) is 12.1 Å². The van der Waals surface area contributed by atoms with Crippen LogP contribution in [0.4, 0.5) is 8.78 Å². The second-order valence-electron chi connectivity index (χ2n) is 5.46. The van der Waals surface area contributed by atoms with Crippen LogP contribution in [0.5, 0.6) is 5.75 Å². The van der Waals surface area contributed by atoms with Crippen LogP contribution in [0.1, 0.15) is 28.8 Å². The number of para-hydroxylation sites is 1. The van der Waals surface area contributed by atoms with Crippen molar-refractivity contribution in [2.24, 2.45) is 0 Å². The van der Waals surface area contributed by atoms with Gasteiger partial charge in [0.1, 0.15) is 24.0 Å². The van der Waals surface area contributed by atoms with Gasteiger partial charge in [0.05, 0.1) is 12.7 Å². The molecule has 0 bridgehead atoms. The number of esters is 1. The summed E-state index contributed by atoms with van der Waals surface area (Å²) in [6.07, 6.45) is 0.431. The summed E-state index contributed by atoms with van der Waals surface area (Å²) in [5.41, 5.74) is 0.508. The lowest BCUT2D eigenvalue weighted by Gasteiger charge is -2.09. The Balaban J connectivity index is 1.70. The number of carbonyl (C=O) groups is 2. The average molecular weight is 363 g/mol. The summed E-state index contributed by atoms with van der Waals surface area (Å²) in [4.78, 5) is 23.5. The van der Waals surface area contributed by atoms with Gasteiger partial charge in [0.15, 0.2) is 0 Å². The van der Waals surface area contributed by atoms with E-state index in [4.69, 9.17) is 9.47 Å². The number of rotatable bonds is 8. The van der Waals surface area contributed by atoms with Crippen molar-refractivity contribution >= 4 is 11.9 Å². The zero-order valence-corrected chi connectivity index (χ0v) is 14.3. The van der Waals surface area contributed by atoms with E-state index < -0.39 is 23.5 Å². The maximum Gasteiger partial charge on any atom is 0.306 e. The Morgan fingerprint density at radius 3 is 2.62 bits per heavy atom. The molecule has 0 saturated carbocycles. The smallest absolute Gasteiger partial charge is 0.306 e. The summed E-state index contributed by atoms with van der Waals surface area (Å²) in [6, 6.07) is 9.92. The summed E-state index contributed by atoms with van der Waals surface area (Å²) < 4.78 is 36.6. The third-order valence-electron chi connectivity index (χ3n) is 3.60. The standard InChI is InChI=1S/C19H19F2NO4/c1-25-17-6-3-2-5-13(17)12-26-18(23)7-4-10-22-19(24)15-9-8-14(20)11-16(15)21/h2-3,5-6,8-9,11H,4,7,10,12H2,1H3,(H,22,24). The van der Waals surface area contributed by atoms with Gasteiger partial charge in [0, 0.05) is 24.6 Å². The highest BCUT2D eigenvalue weighted by Gasteiger charge is 2.12. The molecule has 1 amide bonds. The number of benzene rings is 2. The molecule has 1 N–H and O–H groups in total. The Hall–Kier alpha value is -2.96. The minimum absolute atomic E-state index is 0.0933. The van der Waals surface area contributed by atoms with E-state index >= 15 is 0 Å². The van der Waals surface area contributed by atoms with Crippen LogP contribution in [0.25, 0.3) is 0 Å². The zero-order valence-electron chi connectivity index (χ0n) is 14.3. The van der Waals surface area contributed by atoms with Gasteiger partial charge in [-0.1, -0.05) is 18.2 Å². The van der Waals surface area contributed by atoms with Crippen LogP contribution in [0.15, 0.2) is 42.5 Å². The number of halogens is 2. The van der Waals surface area contributed by atoms with Crippen LogP contribution in [0.2, 0.25) is 0 Å². The summed E-state index contributed by atoms with van der Waals surface area (Å²) >= 11 is 0. The lowest BCUT2D eigenvalue weighted by atomic mass is 10.2. The molecule has 0 spiro atoms. The third kappa shape index (κ3) is 5.54. The van der Waals surface area contributed by atoms with E-state index in [-0.39, 0.29) is 25.1 Å². The predicted octanol–water partition coefficient (Wildman–Crippen LogP) is 3.23. The van der Waals surface area contributed by atoms with Crippen molar-refractivity contribution in [1.29, 1.82) is 0 Å². The number of nitrogens with one attached hydrogen (secondary N) is 1. The number of carbonyl (C=O) groups excluding carboxylic acids is 2. The Bertz CT molecular complexity index is 780. The molecular weight excluding hydrogens is 344 g/mol. The monoisotopic (exact) mass is 363 g/mol. The molecule has 2 rings (SSSR count). The summed E-state index contributed by atoms with van der Waals surface area (Å²) in [7, 11) is 1.54. The molecule has 0 atom stereocenters. The summed E-state index contributed by atoms with van der Waals surface area (Å²) in [5, 5.41) is 2.48. The van der Waals surface area contributed by atoms with Crippen LogP contribution < -0.4 is 10.1 Å². The van der Waals surface area contributed by atoms with Crippen molar-refractivity contribution in [2.45, 2.75) is 19.4 Å². The molecular formula is C19H19F2NO4. The highest BCUT2D eigenvalue weighted by atomic mass is 19.1. The van der Waals surface area contributed by atoms with Gasteiger partial charge < -0.3 is 14.8 Å². The van der Waals surface area contributed by atoms with Crippen molar-refractivity contribution in [3.8, 4) is 5.75 Å². The molecule has 138 valence electrons. The quantitative estimate of drug-likeness (QED) is 0.578. The fraction of sp³-hybridized carbons (Fsp3) is 0.263. The number of hydrogen-bond donors (Lipinski definition) is 1. The molecule has 5 nitrogen and oxygen atoms in total. The van der Waals surface area contributed by atoms with Crippen molar-refractivity contribution < 1.29 is 27.8 Å². The van der Waals surface area contributed by atoms with Gasteiger partial charge in [-0.05, 0) is 24.6 Å². The van der Waals surface area contributed by atoms with E-state index in [0.29, 0.717) is 18.2 Å². The summed E-state index contributed by atoms with van der Waals surface area (Å²) in [5.74, 6) is -2.13. The first-order valence-corrected chi connectivity index (χ1v) is 8.02. The van der Waals surface area contributed by atoms with Gasteiger partial charge in [0.25, 0.3) is 5.91 Å². The van der Waals surface area contributed by atoms with Gasteiger partial charge in [-0.15, -0.1) is 0 Å². The molecule has 0 aliphatic heterocycles. The average Bonchev–Trinajstić information content (AvgIpc) is 2.63. The van der Waals surface area contributed by atoms with Crippen molar-refractivity contribution in [1.82, 2.24) is 5.32 Å². The van der Waals surface area contributed by atoms with Gasteiger partial charge in [-0.3, -0.25) is 9.59 Å². The fourth-order valence-electron chi connectivity index (χ4n) is 2.26. The molecule has 0 aliphatic rings. The zero-order chi connectivity index (χ0) is 18.9. The van der Waals surface area contributed by atoms with E-state index in [1.54, 1.807) is 12.1 Å². The van der Waals surface area contributed by atoms with E-state index in [0.717, 1.165) is 17.7 Å². The molecule has 26 heavy (non-hydrogen) atoms. The van der Waals surface area contributed by atoms with Gasteiger partial charge in [-0.25, -0.2) is 8.78 Å². The Labute approximate surface area is 149 Å². The van der Waals surface area contributed by atoms with E-state index in [1.165, 1.54) is 7.11 Å². The first-order valence-electron chi connectivity index (χ1n) is 8.02. The van der Waals surface area contributed by atoms with Gasteiger partial charge >= 0.3 is 5.97 Å². The first kappa shape index (κ1) is 19.4. The molecule has 0 unspecified atom stereocenters. The number of amides is 1. The predicted molar refractivity (Wildman–Crippen MR) is 90.7 cm³/mol. The lowest BCUT2D eigenvalue weighted by molar-refractivity contribution is -0.145. The molecule has 0 saturated heterocycles.